The number of fused-ring (bicyclic) bond motifs is 1. The van der Waals surface area contributed by atoms with Crippen molar-refractivity contribution in [1.82, 2.24) is 4.90 Å². The molecule has 0 unspecified atom stereocenters. The second-order valence-electron chi connectivity index (χ2n) is 7.77. The van der Waals surface area contributed by atoms with Gasteiger partial charge < -0.3 is 4.74 Å². The number of amides is 2. The van der Waals surface area contributed by atoms with Gasteiger partial charge in [-0.15, -0.1) is 0 Å². The zero-order valence-corrected chi connectivity index (χ0v) is 19.7. The van der Waals surface area contributed by atoms with E-state index in [0.717, 1.165) is 41.7 Å². The Bertz CT molecular complexity index is 1180. The average Bonchev–Trinajstić information content (AvgIpc) is 3.23. The molecule has 0 N–H and O–H groups in total. The fourth-order valence-electron chi connectivity index (χ4n) is 4.04. The van der Waals surface area contributed by atoms with Crippen LogP contribution in [0.3, 0.4) is 0 Å². The van der Waals surface area contributed by atoms with Crippen molar-refractivity contribution in [3.8, 4) is 0 Å². The molecule has 5 rings (SSSR count). The molecule has 6 nitrogen and oxygen atoms in total. The Morgan fingerprint density at radius 2 is 1.84 bits per heavy atom. The molecule has 0 bridgehead atoms. The molecule has 0 saturated carbocycles. The number of hydrogen-bond acceptors (Lipinski definition) is 6. The number of thiocarbonyl (C=S) groups is 1. The van der Waals surface area contributed by atoms with Crippen LogP contribution in [0.5, 0.6) is 0 Å². The molecule has 3 heterocycles. The molecule has 3 aliphatic rings. The van der Waals surface area contributed by atoms with Crippen molar-refractivity contribution in [3.63, 3.8) is 0 Å². The maximum atomic E-state index is 13.6. The van der Waals surface area contributed by atoms with Crippen molar-refractivity contribution in [2.75, 3.05) is 42.8 Å². The minimum atomic E-state index is -0.300. The predicted octanol–water partition coefficient (Wildman–Crippen LogP) is 4.06. The highest BCUT2D eigenvalue weighted by Gasteiger charge is 2.43. The van der Waals surface area contributed by atoms with Gasteiger partial charge in [0.15, 0.2) is 4.32 Å². The minimum absolute atomic E-state index is 0.180. The molecule has 0 aliphatic carbocycles. The standard InChI is InChI=1S/C23H20ClN3O3S2/c1-14-6-7-15(12-17(14)24)27-22(29)20(32-23(27)31)19-16-4-2-3-5-18(16)26(21(19)28)13-25-8-10-30-11-9-25/h2-7,12H,8-11,13H2,1H3/b20-19-. The number of anilines is 2. The average molecular weight is 486 g/mol. The Morgan fingerprint density at radius 3 is 2.59 bits per heavy atom. The minimum Gasteiger partial charge on any atom is -0.379 e. The molecular weight excluding hydrogens is 466 g/mol. The molecule has 9 heteroatoms. The van der Waals surface area contributed by atoms with E-state index in [1.54, 1.807) is 11.0 Å². The Kier molecular flexibility index (Phi) is 5.81. The summed E-state index contributed by atoms with van der Waals surface area (Å²) in [5.74, 6) is -0.480. The van der Waals surface area contributed by atoms with Crippen LogP contribution in [0.15, 0.2) is 47.4 Å². The number of halogens is 1. The van der Waals surface area contributed by atoms with Crippen molar-refractivity contribution in [2.45, 2.75) is 6.92 Å². The number of hydrogen-bond donors (Lipinski definition) is 0. The smallest absolute Gasteiger partial charge is 0.271 e. The first-order valence-corrected chi connectivity index (χ1v) is 11.8. The zero-order chi connectivity index (χ0) is 22.4. The lowest BCUT2D eigenvalue weighted by atomic mass is 10.1. The fraction of sp³-hybridized carbons (Fsp3) is 0.261. The molecular formula is C23H20ClN3O3S2. The summed E-state index contributed by atoms with van der Waals surface area (Å²) in [6.07, 6.45) is 0. The van der Waals surface area contributed by atoms with Gasteiger partial charge in [0.05, 0.1) is 41.7 Å². The number of rotatable bonds is 3. The summed E-state index contributed by atoms with van der Waals surface area (Å²) in [6, 6.07) is 13.0. The quantitative estimate of drug-likeness (QED) is 0.482. The van der Waals surface area contributed by atoms with Crippen LogP contribution in [0.25, 0.3) is 5.57 Å². The normalized spacial score (nSPS) is 21.6. The Labute approximate surface area is 200 Å². The summed E-state index contributed by atoms with van der Waals surface area (Å²) in [4.78, 5) is 32.8. The SMILES string of the molecule is Cc1ccc(N2C(=O)/C(=C3/C(=O)N(CN4CCOCC4)c4ccccc43)SC2=S)cc1Cl. The Morgan fingerprint density at radius 1 is 1.09 bits per heavy atom. The van der Waals surface area contributed by atoms with Gasteiger partial charge in [-0.2, -0.15) is 0 Å². The molecule has 0 aromatic heterocycles. The number of carbonyl (C=O) groups excluding carboxylic acids is 2. The molecule has 0 spiro atoms. The molecule has 32 heavy (non-hydrogen) atoms. The van der Waals surface area contributed by atoms with Gasteiger partial charge in [0.1, 0.15) is 0 Å². The van der Waals surface area contributed by atoms with E-state index in [4.69, 9.17) is 28.6 Å². The number of aryl methyl sites for hydroxylation is 1. The number of thioether (sulfide) groups is 1. The first-order valence-electron chi connectivity index (χ1n) is 10.2. The fourth-order valence-corrected chi connectivity index (χ4v) is 5.59. The molecule has 3 aliphatic heterocycles. The summed E-state index contributed by atoms with van der Waals surface area (Å²) >= 11 is 13.0. The van der Waals surface area contributed by atoms with E-state index in [2.05, 4.69) is 4.90 Å². The van der Waals surface area contributed by atoms with E-state index >= 15 is 0 Å². The van der Waals surface area contributed by atoms with Crippen LogP contribution < -0.4 is 9.80 Å². The largest absolute Gasteiger partial charge is 0.379 e. The third-order valence-electron chi connectivity index (χ3n) is 5.78. The number of morpholine rings is 1. The number of benzene rings is 2. The van der Waals surface area contributed by atoms with E-state index in [1.165, 1.54) is 4.90 Å². The Hall–Kier alpha value is -2.23. The second kappa shape index (κ2) is 8.61. The molecule has 0 radical (unpaired) electrons. The Balaban J connectivity index is 1.53. The highest BCUT2D eigenvalue weighted by atomic mass is 35.5. The molecule has 0 atom stereocenters. The van der Waals surface area contributed by atoms with Crippen molar-refractivity contribution < 1.29 is 14.3 Å². The second-order valence-corrected chi connectivity index (χ2v) is 9.82. The summed E-state index contributed by atoms with van der Waals surface area (Å²) < 4.78 is 5.81. The first-order chi connectivity index (χ1) is 15.5. The molecule has 2 amide bonds. The molecule has 2 aromatic rings. The van der Waals surface area contributed by atoms with E-state index in [0.29, 0.717) is 45.4 Å². The highest BCUT2D eigenvalue weighted by Crippen LogP contribution is 2.45. The molecule has 2 aromatic carbocycles. The van der Waals surface area contributed by atoms with Gasteiger partial charge in [0.2, 0.25) is 0 Å². The number of nitrogens with zero attached hydrogens (tertiary/aromatic N) is 3. The molecule has 2 saturated heterocycles. The third-order valence-corrected chi connectivity index (χ3v) is 7.56. The third kappa shape index (κ3) is 3.66. The monoisotopic (exact) mass is 485 g/mol. The zero-order valence-electron chi connectivity index (χ0n) is 17.3. The number of ether oxygens (including phenoxy) is 1. The highest BCUT2D eigenvalue weighted by molar-refractivity contribution is 8.27. The molecule has 2 fully saturated rings. The van der Waals surface area contributed by atoms with E-state index < -0.39 is 0 Å². The van der Waals surface area contributed by atoms with Crippen LogP contribution >= 0.6 is 35.6 Å². The van der Waals surface area contributed by atoms with Crippen LogP contribution in [0, 0.1) is 6.92 Å². The van der Waals surface area contributed by atoms with E-state index in [1.807, 2.05) is 43.3 Å². The first kappa shape index (κ1) is 21.6. The van der Waals surface area contributed by atoms with Crippen molar-refractivity contribution in [2.24, 2.45) is 0 Å². The maximum Gasteiger partial charge on any atom is 0.271 e. The summed E-state index contributed by atoms with van der Waals surface area (Å²) in [7, 11) is 0. The van der Waals surface area contributed by atoms with Crippen LogP contribution in [-0.2, 0) is 14.3 Å². The summed E-state index contributed by atoms with van der Waals surface area (Å²) in [6.45, 7) is 5.17. The van der Waals surface area contributed by atoms with Gasteiger partial charge in [0.25, 0.3) is 11.8 Å². The van der Waals surface area contributed by atoms with Crippen LogP contribution in [0.1, 0.15) is 11.1 Å². The van der Waals surface area contributed by atoms with E-state index in [9.17, 15) is 9.59 Å². The van der Waals surface area contributed by atoms with Crippen molar-refractivity contribution in [1.29, 1.82) is 0 Å². The van der Waals surface area contributed by atoms with Crippen LogP contribution in [0.2, 0.25) is 5.02 Å². The van der Waals surface area contributed by atoms with E-state index in [-0.39, 0.29) is 11.8 Å². The lowest BCUT2D eigenvalue weighted by molar-refractivity contribution is -0.115. The maximum absolute atomic E-state index is 13.6. The number of carbonyl (C=O) groups is 2. The predicted molar refractivity (Wildman–Crippen MR) is 132 cm³/mol. The lowest BCUT2D eigenvalue weighted by Gasteiger charge is -2.30. The summed E-state index contributed by atoms with van der Waals surface area (Å²) in [5.41, 5.74) is 3.49. The van der Waals surface area contributed by atoms with Gasteiger partial charge in [-0.05, 0) is 30.7 Å². The van der Waals surface area contributed by atoms with Gasteiger partial charge in [0, 0.05) is 23.7 Å². The van der Waals surface area contributed by atoms with Gasteiger partial charge >= 0.3 is 0 Å². The van der Waals surface area contributed by atoms with Crippen LogP contribution in [0.4, 0.5) is 11.4 Å². The lowest BCUT2D eigenvalue weighted by Crippen LogP contribution is -2.45. The van der Waals surface area contributed by atoms with Gasteiger partial charge in [-0.1, -0.05) is 59.8 Å². The van der Waals surface area contributed by atoms with Crippen molar-refractivity contribution in [3.05, 3.63) is 63.5 Å². The van der Waals surface area contributed by atoms with Gasteiger partial charge in [-0.3, -0.25) is 24.3 Å². The van der Waals surface area contributed by atoms with Gasteiger partial charge in [-0.25, -0.2) is 0 Å². The van der Waals surface area contributed by atoms with Crippen molar-refractivity contribution >= 4 is 68.7 Å². The number of para-hydroxylation sites is 1. The molecule has 164 valence electrons. The topological polar surface area (TPSA) is 53.1 Å². The van der Waals surface area contributed by atoms with Crippen LogP contribution in [-0.4, -0.2) is 54.0 Å². The summed E-state index contributed by atoms with van der Waals surface area (Å²) in [5, 5.41) is 0.558.